The number of halogens is 1. The van der Waals surface area contributed by atoms with Crippen molar-refractivity contribution in [2.75, 3.05) is 12.5 Å². The zero-order valence-corrected chi connectivity index (χ0v) is 12.9. The minimum atomic E-state index is 0.631. The van der Waals surface area contributed by atoms with Crippen molar-refractivity contribution in [1.82, 2.24) is 0 Å². The summed E-state index contributed by atoms with van der Waals surface area (Å²) in [5.74, 6) is 1.49. The van der Waals surface area contributed by atoms with Gasteiger partial charge >= 0.3 is 0 Å². The minimum absolute atomic E-state index is 0.631. The average molecular weight is 297 g/mol. The summed E-state index contributed by atoms with van der Waals surface area (Å²) in [6.45, 7) is 0.692. The van der Waals surface area contributed by atoms with Crippen LogP contribution in [0, 0.1) is 0 Å². The smallest absolute Gasteiger partial charge is 0.153 e. The van der Waals surface area contributed by atoms with E-state index >= 15 is 0 Å². The molecule has 0 saturated carbocycles. The van der Waals surface area contributed by atoms with E-state index in [0.29, 0.717) is 17.9 Å². The van der Waals surface area contributed by atoms with E-state index in [1.165, 1.54) is 38.5 Å². The van der Waals surface area contributed by atoms with Crippen molar-refractivity contribution < 1.29 is 9.53 Å². The Labute approximate surface area is 127 Å². The van der Waals surface area contributed by atoms with Crippen molar-refractivity contribution in [1.29, 1.82) is 0 Å². The number of carbonyl (C=O) groups is 1. The second kappa shape index (κ2) is 11.8. The van der Waals surface area contributed by atoms with Crippen LogP contribution in [0.1, 0.15) is 61.7 Å². The number of ether oxygens (including phenoxy) is 1. The largest absolute Gasteiger partial charge is 0.493 e. The van der Waals surface area contributed by atoms with Crippen LogP contribution in [-0.2, 0) is 0 Å². The molecule has 0 bridgehead atoms. The van der Waals surface area contributed by atoms with Gasteiger partial charge in [-0.05, 0) is 25.0 Å². The zero-order valence-electron chi connectivity index (χ0n) is 12.2. The summed E-state index contributed by atoms with van der Waals surface area (Å²) < 4.78 is 5.64. The molecule has 0 aromatic heterocycles. The highest BCUT2D eigenvalue weighted by atomic mass is 35.5. The molecular weight excluding hydrogens is 272 g/mol. The van der Waals surface area contributed by atoms with Crippen molar-refractivity contribution in [2.24, 2.45) is 0 Å². The minimum Gasteiger partial charge on any atom is -0.493 e. The lowest BCUT2D eigenvalue weighted by molar-refractivity contribution is 0.111. The highest BCUT2D eigenvalue weighted by molar-refractivity contribution is 6.17. The average Bonchev–Trinajstić information content (AvgIpc) is 2.49. The molecule has 0 unspecified atom stereocenters. The van der Waals surface area contributed by atoms with Crippen LogP contribution in [0.15, 0.2) is 24.3 Å². The number of rotatable bonds is 12. The fourth-order valence-electron chi connectivity index (χ4n) is 2.15. The predicted molar refractivity (Wildman–Crippen MR) is 85.0 cm³/mol. The first kappa shape index (κ1) is 17.0. The van der Waals surface area contributed by atoms with E-state index < -0.39 is 0 Å². The summed E-state index contributed by atoms with van der Waals surface area (Å²) >= 11 is 5.64. The van der Waals surface area contributed by atoms with Crippen molar-refractivity contribution in [3.8, 4) is 5.75 Å². The standard InChI is InChI=1S/C17H25ClO2/c18-13-9-5-3-1-2-4-6-10-14-20-17-12-8-7-11-16(17)15-19/h7-8,11-12,15H,1-6,9-10,13-14H2. The van der Waals surface area contributed by atoms with Crippen LogP contribution >= 0.6 is 11.6 Å². The molecule has 112 valence electrons. The molecule has 1 aromatic rings. The van der Waals surface area contributed by atoms with E-state index in [9.17, 15) is 4.79 Å². The number of hydrogen-bond donors (Lipinski definition) is 0. The molecule has 0 amide bonds. The molecule has 3 heteroatoms. The maximum atomic E-state index is 10.8. The van der Waals surface area contributed by atoms with Gasteiger partial charge in [-0.2, -0.15) is 0 Å². The molecule has 0 fully saturated rings. The molecule has 20 heavy (non-hydrogen) atoms. The summed E-state index contributed by atoms with van der Waals surface area (Å²) in [6, 6.07) is 7.37. The highest BCUT2D eigenvalue weighted by Crippen LogP contribution is 2.16. The van der Waals surface area contributed by atoms with Gasteiger partial charge in [0.2, 0.25) is 0 Å². The van der Waals surface area contributed by atoms with E-state index in [1.807, 2.05) is 18.2 Å². The third kappa shape index (κ3) is 7.54. The molecule has 0 aliphatic carbocycles. The van der Waals surface area contributed by atoms with Gasteiger partial charge in [0.05, 0.1) is 12.2 Å². The normalized spacial score (nSPS) is 10.4. The zero-order chi connectivity index (χ0) is 14.5. The van der Waals surface area contributed by atoms with E-state index in [4.69, 9.17) is 16.3 Å². The molecule has 0 heterocycles. The van der Waals surface area contributed by atoms with Crippen molar-refractivity contribution in [3.63, 3.8) is 0 Å². The molecule has 1 aromatic carbocycles. The Morgan fingerprint density at radius 2 is 1.50 bits per heavy atom. The Bertz CT molecular complexity index is 366. The quantitative estimate of drug-likeness (QED) is 0.300. The third-order valence-corrected chi connectivity index (χ3v) is 3.60. The Morgan fingerprint density at radius 1 is 0.900 bits per heavy atom. The van der Waals surface area contributed by atoms with Gasteiger partial charge in [-0.15, -0.1) is 11.6 Å². The van der Waals surface area contributed by atoms with E-state index in [0.717, 1.165) is 25.0 Å². The predicted octanol–water partition coefficient (Wildman–Crippen LogP) is 5.24. The number of carbonyl (C=O) groups excluding carboxylic acids is 1. The monoisotopic (exact) mass is 296 g/mol. The summed E-state index contributed by atoms with van der Waals surface area (Å²) in [6.07, 6.45) is 10.7. The van der Waals surface area contributed by atoms with Gasteiger partial charge in [0, 0.05) is 5.88 Å². The van der Waals surface area contributed by atoms with Crippen LogP contribution < -0.4 is 4.74 Å². The second-order valence-corrected chi connectivity index (χ2v) is 5.40. The summed E-state index contributed by atoms with van der Waals surface area (Å²) in [4.78, 5) is 10.8. The van der Waals surface area contributed by atoms with Gasteiger partial charge < -0.3 is 4.74 Å². The molecule has 0 saturated heterocycles. The van der Waals surface area contributed by atoms with Gasteiger partial charge in [0.1, 0.15) is 5.75 Å². The van der Waals surface area contributed by atoms with Gasteiger partial charge in [-0.3, -0.25) is 4.79 Å². The lowest BCUT2D eigenvalue weighted by Crippen LogP contribution is -1.99. The molecule has 0 spiro atoms. The Kier molecular flexibility index (Phi) is 10.0. The van der Waals surface area contributed by atoms with Crippen molar-refractivity contribution in [2.45, 2.75) is 51.4 Å². The summed E-state index contributed by atoms with van der Waals surface area (Å²) in [5, 5.41) is 0. The van der Waals surface area contributed by atoms with Crippen molar-refractivity contribution >= 4 is 17.9 Å². The lowest BCUT2D eigenvalue weighted by Gasteiger charge is -2.07. The third-order valence-electron chi connectivity index (χ3n) is 3.33. The summed E-state index contributed by atoms with van der Waals surface area (Å²) in [7, 11) is 0. The van der Waals surface area contributed by atoms with Gasteiger partial charge in [-0.25, -0.2) is 0 Å². The fraction of sp³-hybridized carbons (Fsp3) is 0.588. The van der Waals surface area contributed by atoms with E-state index in [-0.39, 0.29) is 0 Å². The summed E-state index contributed by atoms with van der Waals surface area (Å²) in [5.41, 5.74) is 0.631. The van der Waals surface area contributed by atoms with Gasteiger partial charge in [0.15, 0.2) is 6.29 Å². The van der Waals surface area contributed by atoms with Crippen LogP contribution in [-0.4, -0.2) is 18.8 Å². The first-order valence-electron chi connectivity index (χ1n) is 7.61. The highest BCUT2D eigenvalue weighted by Gasteiger charge is 2.00. The molecule has 0 N–H and O–H groups in total. The number of alkyl halides is 1. The SMILES string of the molecule is O=Cc1ccccc1OCCCCCCCCCCCl. The first-order valence-corrected chi connectivity index (χ1v) is 8.15. The molecule has 2 nitrogen and oxygen atoms in total. The molecule has 0 atom stereocenters. The van der Waals surface area contributed by atoms with Crippen LogP contribution in [0.5, 0.6) is 5.75 Å². The van der Waals surface area contributed by atoms with Crippen LogP contribution in [0.4, 0.5) is 0 Å². The molecule has 0 radical (unpaired) electrons. The molecule has 0 aliphatic rings. The van der Waals surface area contributed by atoms with E-state index in [2.05, 4.69) is 0 Å². The number of unbranched alkanes of at least 4 members (excludes halogenated alkanes) is 7. The second-order valence-electron chi connectivity index (χ2n) is 5.02. The topological polar surface area (TPSA) is 26.3 Å². The first-order chi connectivity index (χ1) is 9.88. The van der Waals surface area contributed by atoms with Crippen molar-refractivity contribution in [3.05, 3.63) is 29.8 Å². The van der Waals surface area contributed by atoms with Gasteiger partial charge in [-0.1, -0.05) is 50.7 Å². The van der Waals surface area contributed by atoms with Crippen LogP contribution in [0.2, 0.25) is 0 Å². The maximum absolute atomic E-state index is 10.8. The molecule has 0 aliphatic heterocycles. The van der Waals surface area contributed by atoms with Gasteiger partial charge in [0.25, 0.3) is 0 Å². The van der Waals surface area contributed by atoms with Crippen LogP contribution in [0.25, 0.3) is 0 Å². The Balaban J connectivity index is 1.98. The number of para-hydroxylation sites is 1. The number of benzene rings is 1. The fourth-order valence-corrected chi connectivity index (χ4v) is 2.34. The van der Waals surface area contributed by atoms with E-state index in [1.54, 1.807) is 6.07 Å². The lowest BCUT2D eigenvalue weighted by atomic mass is 10.1. The Hall–Kier alpha value is -1.02. The van der Waals surface area contributed by atoms with Crippen LogP contribution in [0.3, 0.4) is 0 Å². The number of aldehydes is 1. The molecular formula is C17H25ClO2. The molecule has 1 rings (SSSR count). The maximum Gasteiger partial charge on any atom is 0.153 e. The Morgan fingerprint density at radius 3 is 2.15 bits per heavy atom. The number of hydrogen-bond acceptors (Lipinski definition) is 2.